The van der Waals surface area contributed by atoms with Gasteiger partial charge in [-0.05, 0) is 45.0 Å². The van der Waals surface area contributed by atoms with E-state index < -0.39 is 22.6 Å². The fourth-order valence-corrected chi connectivity index (χ4v) is 5.55. The number of ether oxygens (including phenoxy) is 2. The summed E-state index contributed by atoms with van der Waals surface area (Å²) < 4.78 is 39.2. The highest BCUT2D eigenvalue weighted by Crippen LogP contribution is 2.25. The molecule has 182 valence electrons. The molecule has 0 aliphatic rings. The zero-order valence-corrected chi connectivity index (χ0v) is 21.4. The molecular weight excluding hydrogens is 468 g/mol. The van der Waals surface area contributed by atoms with Crippen molar-refractivity contribution < 1.29 is 27.5 Å². The number of sulfonamides is 1. The SMILES string of the molecule is CCN(CC)S(=O)(=O)c1ccc(Cl)c(C(=O)OCC(=O)c2cc(C)n(C(C)COC)c2C)c1. The van der Waals surface area contributed by atoms with Gasteiger partial charge in [-0.1, -0.05) is 25.4 Å². The average Bonchev–Trinajstić information content (AvgIpc) is 3.06. The maximum Gasteiger partial charge on any atom is 0.340 e. The summed E-state index contributed by atoms with van der Waals surface area (Å²) in [6, 6.07) is 5.64. The molecule has 2 aromatic rings. The molecule has 0 aliphatic carbocycles. The number of carbonyl (C=O) groups excluding carboxylic acids is 2. The second kappa shape index (κ2) is 11.3. The van der Waals surface area contributed by atoms with Crippen molar-refractivity contribution in [3.05, 3.63) is 51.8 Å². The Balaban J connectivity index is 2.22. The van der Waals surface area contributed by atoms with E-state index in [4.69, 9.17) is 21.1 Å². The number of hydrogen-bond donors (Lipinski definition) is 0. The van der Waals surface area contributed by atoms with E-state index >= 15 is 0 Å². The molecule has 2 rings (SSSR count). The van der Waals surface area contributed by atoms with E-state index in [-0.39, 0.29) is 40.4 Å². The van der Waals surface area contributed by atoms with Crippen molar-refractivity contribution in [2.75, 3.05) is 33.4 Å². The number of halogens is 1. The third-order valence-electron chi connectivity index (χ3n) is 5.47. The van der Waals surface area contributed by atoms with Crippen LogP contribution in [0.25, 0.3) is 0 Å². The molecule has 8 nitrogen and oxygen atoms in total. The molecule has 10 heteroatoms. The topological polar surface area (TPSA) is 94.9 Å². The number of esters is 1. The summed E-state index contributed by atoms with van der Waals surface area (Å²) in [5.74, 6) is -1.23. The molecule has 1 heterocycles. The largest absolute Gasteiger partial charge is 0.454 e. The predicted molar refractivity (Wildman–Crippen MR) is 127 cm³/mol. The molecule has 0 saturated heterocycles. The second-order valence-corrected chi connectivity index (χ2v) is 10.0. The van der Waals surface area contributed by atoms with Crippen LogP contribution in [-0.4, -0.2) is 62.5 Å². The molecule has 0 bridgehead atoms. The molecule has 1 unspecified atom stereocenters. The van der Waals surface area contributed by atoms with Gasteiger partial charge in [0, 0.05) is 37.2 Å². The van der Waals surface area contributed by atoms with Crippen LogP contribution in [0, 0.1) is 13.8 Å². The van der Waals surface area contributed by atoms with E-state index in [1.807, 2.05) is 25.3 Å². The summed E-state index contributed by atoms with van der Waals surface area (Å²) in [5.41, 5.74) is 1.98. The summed E-state index contributed by atoms with van der Waals surface area (Å²) in [6.45, 7) is 9.73. The van der Waals surface area contributed by atoms with E-state index in [0.29, 0.717) is 12.2 Å². The predicted octanol–water partition coefficient (Wildman–Crippen LogP) is 4.04. The summed E-state index contributed by atoms with van der Waals surface area (Å²) in [6.07, 6.45) is 0. The van der Waals surface area contributed by atoms with Gasteiger partial charge in [0.2, 0.25) is 15.8 Å². The van der Waals surface area contributed by atoms with Crippen LogP contribution in [-0.2, 0) is 19.5 Å². The molecule has 0 radical (unpaired) electrons. The first-order chi connectivity index (χ1) is 15.5. The first-order valence-corrected chi connectivity index (χ1v) is 12.5. The van der Waals surface area contributed by atoms with Gasteiger partial charge < -0.3 is 14.0 Å². The van der Waals surface area contributed by atoms with Crippen molar-refractivity contribution in [3.63, 3.8) is 0 Å². The molecule has 0 aliphatic heterocycles. The maximum absolute atomic E-state index is 12.8. The lowest BCUT2D eigenvalue weighted by Gasteiger charge is -2.19. The Morgan fingerprint density at radius 1 is 1.12 bits per heavy atom. The summed E-state index contributed by atoms with van der Waals surface area (Å²) >= 11 is 6.13. The first kappa shape index (κ1) is 27.0. The Kier molecular flexibility index (Phi) is 9.25. The number of carbonyl (C=O) groups is 2. The van der Waals surface area contributed by atoms with Crippen molar-refractivity contribution in [2.24, 2.45) is 0 Å². The number of hydrogen-bond acceptors (Lipinski definition) is 6. The van der Waals surface area contributed by atoms with Crippen LogP contribution in [0.2, 0.25) is 5.02 Å². The van der Waals surface area contributed by atoms with Gasteiger partial charge in [-0.2, -0.15) is 4.31 Å². The van der Waals surface area contributed by atoms with Gasteiger partial charge in [0.25, 0.3) is 0 Å². The minimum absolute atomic E-state index is 0.0356. The maximum atomic E-state index is 12.8. The highest BCUT2D eigenvalue weighted by Gasteiger charge is 2.25. The number of nitrogens with zero attached hydrogens (tertiary/aromatic N) is 2. The lowest BCUT2D eigenvalue weighted by Crippen LogP contribution is -2.30. The zero-order valence-electron chi connectivity index (χ0n) is 19.8. The van der Waals surface area contributed by atoms with Gasteiger partial charge >= 0.3 is 5.97 Å². The molecule has 0 amide bonds. The lowest BCUT2D eigenvalue weighted by atomic mass is 10.1. The van der Waals surface area contributed by atoms with Gasteiger partial charge in [0.15, 0.2) is 6.61 Å². The minimum atomic E-state index is -3.78. The van der Waals surface area contributed by atoms with Gasteiger partial charge in [0.1, 0.15) is 0 Å². The third kappa shape index (κ3) is 5.84. The number of aryl methyl sites for hydroxylation is 1. The second-order valence-electron chi connectivity index (χ2n) is 7.69. The van der Waals surface area contributed by atoms with Crippen LogP contribution < -0.4 is 0 Å². The summed E-state index contributed by atoms with van der Waals surface area (Å²) in [4.78, 5) is 25.4. The molecule has 0 fully saturated rings. The smallest absolute Gasteiger partial charge is 0.340 e. The van der Waals surface area contributed by atoms with Gasteiger partial charge in [0.05, 0.1) is 28.1 Å². The molecule has 0 saturated carbocycles. The molecule has 1 atom stereocenters. The molecule has 1 aromatic carbocycles. The van der Waals surface area contributed by atoms with Gasteiger partial charge in [-0.3, -0.25) is 4.79 Å². The highest BCUT2D eigenvalue weighted by molar-refractivity contribution is 7.89. The Bertz CT molecular complexity index is 1120. The molecule has 1 aromatic heterocycles. The molecule has 0 spiro atoms. The number of ketones is 1. The normalized spacial score (nSPS) is 12.7. The Morgan fingerprint density at radius 3 is 2.33 bits per heavy atom. The van der Waals surface area contributed by atoms with Gasteiger partial charge in [-0.15, -0.1) is 0 Å². The van der Waals surface area contributed by atoms with E-state index in [9.17, 15) is 18.0 Å². The van der Waals surface area contributed by atoms with Crippen LogP contribution in [0.4, 0.5) is 0 Å². The fraction of sp³-hybridized carbons (Fsp3) is 0.478. The third-order valence-corrected chi connectivity index (χ3v) is 7.84. The van der Waals surface area contributed by atoms with Crippen LogP contribution in [0.5, 0.6) is 0 Å². The standard InChI is InChI=1S/C23H31ClN2O6S/c1-7-25(8-2)33(29,30)18-9-10-21(24)20(12-18)23(28)32-14-22(27)19-11-15(3)26(17(19)5)16(4)13-31-6/h9-12,16H,7-8,13-14H2,1-6H3. The van der Waals surface area contributed by atoms with Crippen LogP contribution >= 0.6 is 11.6 Å². The van der Waals surface area contributed by atoms with Crippen LogP contribution in [0.1, 0.15) is 58.9 Å². The van der Waals surface area contributed by atoms with Crippen molar-refractivity contribution in [3.8, 4) is 0 Å². The zero-order chi connectivity index (χ0) is 24.9. The first-order valence-electron chi connectivity index (χ1n) is 10.7. The minimum Gasteiger partial charge on any atom is -0.454 e. The van der Waals surface area contributed by atoms with E-state index in [1.54, 1.807) is 27.0 Å². The quantitative estimate of drug-likeness (QED) is 0.343. The molecule has 0 N–H and O–H groups in total. The number of Topliss-reactive ketones (excluding diaryl/α,β-unsaturated/α-hetero) is 1. The van der Waals surface area contributed by atoms with E-state index in [2.05, 4.69) is 0 Å². The van der Waals surface area contributed by atoms with E-state index in [0.717, 1.165) is 11.4 Å². The number of aromatic nitrogens is 1. The Hall–Kier alpha value is -2.20. The highest BCUT2D eigenvalue weighted by atomic mass is 35.5. The van der Waals surface area contributed by atoms with Crippen LogP contribution in [0.15, 0.2) is 29.2 Å². The van der Waals surface area contributed by atoms with Crippen molar-refractivity contribution in [2.45, 2.75) is 45.6 Å². The number of rotatable bonds is 11. The molecular formula is C23H31ClN2O6S. The fourth-order valence-electron chi connectivity index (χ4n) is 3.87. The van der Waals surface area contributed by atoms with E-state index in [1.165, 1.54) is 22.5 Å². The number of methoxy groups -OCH3 is 1. The Labute approximate surface area is 200 Å². The monoisotopic (exact) mass is 498 g/mol. The van der Waals surface area contributed by atoms with Crippen molar-refractivity contribution in [1.29, 1.82) is 0 Å². The average molecular weight is 499 g/mol. The van der Waals surface area contributed by atoms with Gasteiger partial charge in [-0.25, -0.2) is 13.2 Å². The summed E-state index contributed by atoms with van der Waals surface area (Å²) in [7, 11) is -2.17. The molecule has 33 heavy (non-hydrogen) atoms. The Morgan fingerprint density at radius 2 is 1.76 bits per heavy atom. The summed E-state index contributed by atoms with van der Waals surface area (Å²) in [5, 5.41) is 0.0394. The van der Waals surface area contributed by atoms with Crippen molar-refractivity contribution in [1.82, 2.24) is 8.87 Å². The number of benzene rings is 1. The lowest BCUT2D eigenvalue weighted by molar-refractivity contribution is 0.0474. The van der Waals surface area contributed by atoms with Crippen LogP contribution in [0.3, 0.4) is 0 Å². The van der Waals surface area contributed by atoms with Crippen molar-refractivity contribution >= 4 is 33.4 Å².